The van der Waals surface area contributed by atoms with Gasteiger partial charge in [-0.3, -0.25) is 9.59 Å². The molecular weight excluding hydrogens is 785 g/mol. The number of unbranched alkanes of at least 4 members (excludes halogenated alkanes) is 35. The van der Waals surface area contributed by atoms with Crippen molar-refractivity contribution < 1.29 is 49.0 Å². The molecule has 10 nitrogen and oxygen atoms in total. The number of esters is 2. The minimum absolute atomic E-state index is 0.208. The highest BCUT2D eigenvalue weighted by atomic mass is 16.7. The first kappa shape index (κ1) is 58.7. The first-order valence-electron chi connectivity index (χ1n) is 26.6. The molecule has 0 aromatic rings. The second-order valence-corrected chi connectivity index (χ2v) is 18.7. The van der Waals surface area contributed by atoms with E-state index in [-0.39, 0.29) is 32.0 Å². The van der Waals surface area contributed by atoms with Gasteiger partial charge in [0.05, 0.1) is 13.2 Å². The maximum atomic E-state index is 12.8. The van der Waals surface area contributed by atoms with Crippen molar-refractivity contribution in [3.05, 3.63) is 0 Å². The highest BCUT2D eigenvalue weighted by Gasteiger charge is 2.44. The Balaban J connectivity index is 2.22. The standard InChI is InChI=1S/C52H100O10/c1-3-5-7-9-11-13-15-17-19-21-22-23-25-26-28-30-32-34-36-38-40-47(54)59-43-45(44-60-52-51(58)50(57)49(56)46(42-53)62-52)61-48(55)41-39-37-35-33-31-29-27-24-20-18-16-14-12-10-8-6-4-2/h45-46,49-53,56-58H,3-44H2,1-2H3/t45-,46-,49+,50?,51?,52-/m0/s1. The Morgan fingerprint density at radius 2 is 0.758 bits per heavy atom. The summed E-state index contributed by atoms with van der Waals surface area (Å²) >= 11 is 0. The molecule has 10 heteroatoms. The van der Waals surface area contributed by atoms with Crippen LogP contribution in [0.4, 0.5) is 0 Å². The minimum Gasteiger partial charge on any atom is -0.462 e. The molecule has 2 unspecified atom stereocenters. The summed E-state index contributed by atoms with van der Waals surface area (Å²) in [5.41, 5.74) is 0. The lowest BCUT2D eigenvalue weighted by molar-refractivity contribution is -0.305. The average molecular weight is 885 g/mol. The van der Waals surface area contributed by atoms with Crippen LogP contribution in [-0.2, 0) is 28.5 Å². The van der Waals surface area contributed by atoms with E-state index in [1.165, 1.54) is 193 Å². The molecule has 0 bridgehead atoms. The van der Waals surface area contributed by atoms with E-state index in [1.807, 2.05) is 0 Å². The number of rotatable bonds is 46. The van der Waals surface area contributed by atoms with Gasteiger partial charge in [0.1, 0.15) is 31.0 Å². The Morgan fingerprint density at radius 1 is 0.435 bits per heavy atom. The fourth-order valence-electron chi connectivity index (χ4n) is 8.55. The monoisotopic (exact) mass is 885 g/mol. The summed E-state index contributed by atoms with van der Waals surface area (Å²) in [6.45, 7) is 3.49. The van der Waals surface area contributed by atoms with Crippen LogP contribution < -0.4 is 0 Å². The van der Waals surface area contributed by atoms with Crippen LogP contribution in [0.3, 0.4) is 0 Å². The van der Waals surface area contributed by atoms with Crippen LogP contribution in [0.1, 0.15) is 264 Å². The fourth-order valence-corrected chi connectivity index (χ4v) is 8.55. The van der Waals surface area contributed by atoms with Gasteiger partial charge in [-0.15, -0.1) is 0 Å². The zero-order chi connectivity index (χ0) is 45.1. The van der Waals surface area contributed by atoms with Crippen LogP contribution in [-0.4, -0.2) is 89.0 Å². The molecule has 0 amide bonds. The van der Waals surface area contributed by atoms with E-state index in [2.05, 4.69) is 13.8 Å². The highest BCUT2D eigenvalue weighted by molar-refractivity contribution is 5.70. The van der Waals surface area contributed by atoms with Crippen LogP contribution in [0.25, 0.3) is 0 Å². The summed E-state index contributed by atoms with van der Waals surface area (Å²) in [4.78, 5) is 25.5. The molecule has 1 rings (SSSR count). The lowest BCUT2D eigenvalue weighted by atomic mass is 9.99. The number of carbonyl (C=O) groups is 2. The van der Waals surface area contributed by atoms with E-state index in [9.17, 15) is 30.0 Å². The molecular formula is C52H100O10. The normalized spacial score (nSPS) is 19.5. The third-order valence-corrected chi connectivity index (χ3v) is 12.7. The smallest absolute Gasteiger partial charge is 0.306 e. The van der Waals surface area contributed by atoms with E-state index in [4.69, 9.17) is 18.9 Å². The number of hydrogen-bond acceptors (Lipinski definition) is 10. The van der Waals surface area contributed by atoms with Gasteiger partial charge < -0.3 is 39.4 Å². The summed E-state index contributed by atoms with van der Waals surface area (Å²) in [5, 5.41) is 40.2. The number of ether oxygens (including phenoxy) is 4. The summed E-state index contributed by atoms with van der Waals surface area (Å²) in [6.07, 6.45) is 39.7. The van der Waals surface area contributed by atoms with E-state index >= 15 is 0 Å². The molecule has 1 saturated heterocycles. The van der Waals surface area contributed by atoms with Gasteiger partial charge in [-0.25, -0.2) is 0 Å². The van der Waals surface area contributed by atoms with Crippen LogP contribution >= 0.6 is 0 Å². The van der Waals surface area contributed by atoms with Crippen LogP contribution in [0, 0.1) is 0 Å². The Bertz CT molecular complexity index is 979. The van der Waals surface area contributed by atoms with E-state index < -0.39 is 49.4 Å². The lowest BCUT2D eigenvalue weighted by Crippen LogP contribution is -2.59. The molecule has 1 aliphatic rings. The first-order valence-corrected chi connectivity index (χ1v) is 26.6. The van der Waals surface area contributed by atoms with Crippen molar-refractivity contribution in [2.24, 2.45) is 0 Å². The molecule has 62 heavy (non-hydrogen) atoms. The molecule has 1 heterocycles. The van der Waals surface area contributed by atoms with Crippen molar-refractivity contribution in [2.75, 3.05) is 19.8 Å². The molecule has 368 valence electrons. The molecule has 0 spiro atoms. The molecule has 1 fully saturated rings. The summed E-state index contributed by atoms with van der Waals surface area (Å²) in [5.74, 6) is -0.784. The summed E-state index contributed by atoms with van der Waals surface area (Å²) in [6, 6.07) is 0. The number of aliphatic hydroxyl groups is 4. The van der Waals surface area contributed by atoms with Gasteiger partial charge >= 0.3 is 11.9 Å². The lowest BCUT2D eigenvalue weighted by Gasteiger charge is -2.39. The molecule has 0 aromatic heterocycles. The Hall–Kier alpha value is -1.30. The Labute approximate surface area is 380 Å². The SMILES string of the molecule is CCCCCCCCCCCCCCCCCCCCCCC(=O)OC[C@@H](CO[C@H]1O[C@@H](CO)[C@@H](O)C(O)C1O)OC(=O)CCCCCCCCCCCCCCCCCCC. The molecule has 0 aliphatic carbocycles. The van der Waals surface area contributed by atoms with Crippen molar-refractivity contribution >= 4 is 11.9 Å². The van der Waals surface area contributed by atoms with Crippen LogP contribution in [0.5, 0.6) is 0 Å². The summed E-state index contributed by atoms with van der Waals surface area (Å²) < 4.78 is 22.3. The molecule has 0 aromatic carbocycles. The second kappa shape index (κ2) is 43.6. The predicted molar refractivity (Wildman–Crippen MR) is 252 cm³/mol. The number of hydrogen-bond donors (Lipinski definition) is 4. The zero-order valence-corrected chi connectivity index (χ0v) is 40.4. The third-order valence-electron chi connectivity index (χ3n) is 12.7. The zero-order valence-electron chi connectivity index (χ0n) is 40.4. The minimum atomic E-state index is -1.59. The van der Waals surface area contributed by atoms with Crippen molar-refractivity contribution in [1.82, 2.24) is 0 Å². The largest absolute Gasteiger partial charge is 0.462 e. The molecule has 4 N–H and O–H groups in total. The van der Waals surface area contributed by atoms with Crippen molar-refractivity contribution in [2.45, 2.75) is 301 Å². The molecule has 0 radical (unpaired) electrons. The highest BCUT2D eigenvalue weighted by Crippen LogP contribution is 2.23. The molecule has 1 aliphatic heterocycles. The fraction of sp³-hybridized carbons (Fsp3) is 0.962. The first-order chi connectivity index (χ1) is 30.3. The topological polar surface area (TPSA) is 152 Å². The Kier molecular flexibility index (Phi) is 41.3. The quantitative estimate of drug-likeness (QED) is 0.0343. The van der Waals surface area contributed by atoms with Crippen LogP contribution in [0.15, 0.2) is 0 Å². The predicted octanol–water partition coefficient (Wildman–Crippen LogP) is 12.5. The van der Waals surface area contributed by atoms with Gasteiger partial charge in [0.15, 0.2) is 12.4 Å². The summed E-state index contributed by atoms with van der Waals surface area (Å²) in [7, 11) is 0. The van der Waals surface area contributed by atoms with Crippen molar-refractivity contribution in [3.63, 3.8) is 0 Å². The van der Waals surface area contributed by atoms with Gasteiger partial charge in [-0.2, -0.15) is 0 Å². The maximum Gasteiger partial charge on any atom is 0.306 e. The number of carbonyl (C=O) groups excluding carboxylic acids is 2. The maximum absolute atomic E-state index is 12.8. The van der Waals surface area contributed by atoms with E-state index in [1.54, 1.807) is 0 Å². The van der Waals surface area contributed by atoms with Gasteiger partial charge in [-0.1, -0.05) is 239 Å². The molecule has 0 saturated carbocycles. The molecule has 6 atom stereocenters. The van der Waals surface area contributed by atoms with Crippen LogP contribution in [0.2, 0.25) is 0 Å². The van der Waals surface area contributed by atoms with Gasteiger partial charge in [0, 0.05) is 12.8 Å². The van der Waals surface area contributed by atoms with Gasteiger partial charge in [0.2, 0.25) is 0 Å². The second-order valence-electron chi connectivity index (χ2n) is 18.7. The van der Waals surface area contributed by atoms with Gasteiger partial charge in [-0.05, 0) is 12.8 Å². The third kappa shape index (κ3) is 34.1. The van der Waals surface area contributed by atoms with E-state index in [0.29, 0.717) is 6.42 Å². The van der Waals surface area contributed by atoms with Crippen molar-refractivity contribution in [3.8, 4) is 0 Å². The van der Waals surface area contributed by atoms with E-state index in [0.717, 1.165) is 38.5 Å². The Morgan fingerprint density at radius 3 is 1.10 bits per heavy atom. The average Bonchev–Trinajstić information content (AvgIpc) is 3.27. The van der Waals surface area contributed by atoms with Gasteiger partial charge in [0.25, 0.3) is 0 Å². The van der Waals surface area contributed by atoms with Crippen molar-refractivity contribution in [1.29, 1.82) is 0 Å². The number of aliphatic hydroxyl groups excluding tert-OH is 4.